The first-order valence-electron chi connectivity index (χ1n) is 3.91. The molecule has 0 saturated heterocycles. The van der Waals surface area contributed by atoms with Gasteiger partial charge in [-0.2, -0.15) is 0 Å². The number of unbranched alkanes of at least 4 members (excludes halogenated alkanes) is 1. The molecular formula is C8H24. The van der Waals surface area contributed by atoms with Gasteiger partial charge >= 0.3 is 0 Å². The highest BCUT2D eigenvalue weighted by Crippen LogP contribution is 1.76. The van der Waals surface area contributed by atoms with Gasteiger partial charge in [-0.25, -0.2) is 0 Å². The van der Waals surface area contributed by atoms with Crippen LogP contribution in [0.5, 0.6) is 0 Å². The van der Waals surface area contributed by atoms with E-state index in [1.807, 2.05) is 27.7 Å². The van der Waals surface area contributed by atoms with Crippen molar-refractivity contribution in [2.75, 3.05) is 0 Å². The zero-order valence-electron chi connectivity index (χ0n) is 7.41. The molecule has 0 aromatic rings. The molecule has 0 saturated carbocycles. The highest BCUT2D eigenvalue weighted by molar-refractivity contribution is 4.12. The smallest absolute Gasteiger partial charge is 0 e. The molecule has 0 aliphatic rings. The van der Waals surface area contributed by atoms with Crippen molar-refractivity contribution >= 4 is 0 Å². The van der Waals surface area contributed by atoms with Crippen molar-refractivity contribution < 1.29 is 1.43 Å². The fraction of sp³-hybridized carbons (Fsp3) is 1.00. The van der Waals surface area contributed by atoms with Crippen molar-refractivity contribution in [3.63, 3.8) is 0 Å². The Morgan fingerprint density at radius 2 is 0.875 bits per heavy atom. The second kappa shape index (κ2) is 63.0. The Balaban J connectivity index is -0.0000000221. The lowest BCUT2D eigenvalue weighted by molar-refractivity contribution is 0.886. The lowest BCUT2D eigenvalue weighted by Crippen LogP contribution is -1.47. The van der Waals surface area contributed by atoms with Crippen molar-refractivity contribution in [1.29, 1.82) is 0 Å². The molecule has 0 aromatic heterocycles. The number of hydrogen-bond donors (Lipinski definition) is 0. The molecule has 0 heterocycles. The zero-order chi connectivity index (χ0) is 7.41. The molecule has 0 bridgehead atoms. The molecular weight excluding hydrogens is 96.1 g/mol. The van der Waals surface area contributed by atoms with Crippen LogP contribution in [0.15, 0.2) is 0 Å². The topological polar surface area (TPSA) is 0 Å². The lowest BCUT2D eigenvalue weighted by Gasteiger charge is -1.68. The molecule has 0 radical (unpaired) electrons. The predicted octanol–water partition coefficient (Wildman–Crippen LogP) is 4.10. The average molecular weight is 120 g/mol. The van der Waals surface area contributed by atoms with E-state index in [4.69, 9.17) is 0 Å². The lowest BCUT2D eigenvalue weighted by atomic mass is 10.4. The Labute approximate surface area is 56.8 Å². The SMILES string of the molecule is CC.CC.CCCC.[HH]. The minimum absolute atomic E-state index is 0. The van der Waals surface area contributed by atoms with Gasteiger partial charge in [0.15, 0.2) is 0 Å². The van der Waals surface area contributed by atoms with Gasteiger partial charge in [-0.3, -0.25) is 0 Å². The van der Waals surface area contributed by atoms with Crippen LogP contribution < -0.4 is 0 Å². The Hall–Kier alpha value is 0. The van der Waals surface area contributed by atoms with Crippen LogP contribution in [0.1, 0.15) is 55.8 Å². The summed E-state index contributed by atoms with van der Waals surface area (Å²) in [6.45, 7) is 12.4. The quantitative estimate of drug-likeness (QED) is 0.488. The maximum Gasteiger partial charge on any atom is 0 e. The molecule has 56 valence electrons. The van der Waals surface area contributed by atoms with Crippen LogP contribution >= 0.6 is 0 Å². The largest absolute Gasteiger partial charge is 0.0683 e. The van der Waals surface area contributed by atoms with Gasteiger partial charge in [0.05, 0.1) is 0 Å². The monoisotopic (exact) mass is 120 g/mol. The first kappa shape index (κ1) is 15.7. The number of rotatable bonds is 1. The molecule has 0 N–H and O–H groups in total. The molecule has 0 unspecified atom stereocenters. The van der Waals surface area contributed by atoms with Crippen LogP contribution in [0.25, 0.3) is 0 Å². The third-order valence-corrected chi connectivity index (χ3v) is 0.500. The van der Waals surface area contributed by atoms with Gasteiger partial charge in [0.2, 0.25) is 0 Å². The third kappa shape index (κ3) is 150. The van der Waals surface area contributed by atoms with Gasteiger partial charge < -0.3 is 0 Å². The minimum Gasteiger partial charge on any atom is -0.0683 e. The van der Waals surface area contributed by atoms with Gasteiger partial charge in [-0.15, -0.1) is 0 Å². The van der Waals surface area contributed by atoms with Crippen molar-refractivity contribution in [2.24, 2.45) is 0 Å². The molecule has 0 amide bonds. The van der Waals surface area contributed by atoms with Gasteiger partial charge in [0.1, 0.15) is 0 Å². The van der Waals surface area contributed by atoms with Crippen molar-refractivity contribution in [3.05, 3.63) is 0 Å². The van der Waals surface area contributed by atoms with Crippen LogP contribution in [-0.4, -0.2) is 0 Å². The minimum atomic E-state index is 0. The molecule has 8 heavy (non-hydrogen) atoms. The Kier molecular flexibility index (Phi) is 123. The zero-order valence-corrected chi connectivity index (χ0v) is 7.41. The maximum atomic E-state index is 2.18. The fourth-order valence-corrected chi connectivity index (χ4v) is 0. The summed E-state index contributed by atoms with van der Waals surface area (Å²) in [7, 11) is 0. The highest BCUT2D eigenvalue weighted by atomic mass is 13.6. The van der Waals surface area contributed by atoms with Gasteiger partial charge in [0.25, 0.3) is 0 Å². The number of hydrogen-bond acceptors (Lipinski definition) is 0. The van der Waals surface area contributed by atoms with Crippen molar-refractivity contribution in [3.8, 4) is 0 Å². The van der Waals surface area contributed by atoms with Crippen LogP contribution in [0.3, 0.4) is 0 Å². The molecule has 0 atom stereocenters. The van der Waals surface area contributed by atoms with E-state index in [2.05, 4.69) is 13.8 Å². The molecule has 0 aromatic carbocycles. The summed E-state index contributed by atoms with van der Waals surface area (Å²) >= 11 is 0. The van der Waals surface area contributed by atoms with Crippen molar-refractivity contribution in [1.82, 2.24) is 0 Å². The summed E-state index contributed by atoms with van der Waals surface area (Å²) in [5, 5.41) is 0. The fourth-order valence-electron chi connectivity index (χ4n) is 0. The van der Waals surface area contributed by atoms with E-state index in [1.165, 1.54) is 12.8 Å². The second-order valence-corrected chi connectivity index (χ2v) is 1.000. The Morgan fingerprint density at radius 1 is 0.750 bits per heavy atom. The van der Waals surface area contributed by atoms with Crippen LogP contribution in [0.4, 0.5) is 0 Å². The first-order valence-corrected chi connectivity index (χ1v) is 3.91. The predicted molar refractivity (Wildman–Crippen MR) is 45.4 cm³/mol. The van der Waals surface area contributed by atoms with Crippen LogP contribution in [0, 0.1) is 0 Å². The van der Waals surface area contributed by atoms with E-state index < -0.39 is 0 Å². The second-order valence-electron chi connectivity index (χ2n) is 1.000. The summed E-state index contributed by atoms with van der Waals surface area (Å²) in [6.07, 6.45) is 2.64. The average Bonchev–Trinajstić information content (AvgIpc) is 1.96. The van der Waals surface area contributed by atoms with Gasteiger partial charge in [0, 0.05) is 1.43 Å². The summed E-state index contributed by atoms with van der Waals surface area (Å²) in [6, 6.07) is 0. The molecule has 0 aliphatic heterocycles. The van der Waals surface area contributed by atoms with E-state index >= 15 is 0 Å². The molecule has 0 heteroatoms. The normalized spacial score (nSPS) is 5.25. The van der Waals surface area contributed by atoms with Gasteiger partial charge in [-0.05, 0) is 0 Å². The summed E-state index contributed by atoms with van der Waals surface area (Å²) < 4.78 is 0. The standard InChI is InChI=1S/C4H10.2C2H6.H2/c1-3-4-2;2*1-2;/h3-4H2,1-2H3;2*1-2H3;1H. The molecule has 0 aliphatic carbocycles. The van der Waals surface area contributed by atoms with E-state index in [9.17, 15) is 0 Å². The summed E-state index contributed by atoms with van der Waals surface area (Å²) in [5.41, 5.74) is 0. The molecule has 0 fully saturated rings. The first-order chi connectivity index (χ1) is 3.91. The van der Waals surface area contributed by atoms with Crippen LogP contribution in [0.2, 0.25) is 0 Å². The van der Waals surface area contributed by atoms with Crippen LogP contribution in [-0.2, 0) is 0 Å². The van der Waals surface area contributed by atoms with E-state index in [0.717, 1.165) is 0 Å². The molecule has 0 nitrogen and oxygen atoms in total. The van der Waals surface area contributed by atoms with Crippen molar-refractivity contribution in [2.45, 2.75) is 54.4 Å². The highest BCUT2D eigenvalue weighted by Gasteiger charge is 1.56. The maximum absolute atomic E-state index is 2.18. The summed E-state index contributed by atoms with van der Waals surface area (Å²) in [4.78, 5) is 0. The van der Waals surface area contributed by atoms with E-state index in [-0.39, 0.29) is 1.43 Å². The molecule has 0 rings (SSSR count). The van der Waals surface area contributed by atoms with E-state index in [1.54, 1.807) is 0 Å². The molecule has 0 spiro atoms. The van der Waals surface area contributed by atoms with E-state index in [0.29, 0.717) is 0 Å². The van der Waals surface area contributed by atoms with Gasteiger partial charge in [-0.1, -0.05) is 54.4 Å². The summed E-state index contributed by atoms with van der Waals surface area (Å²) in [5.74, 6) is 0. The Bertz CT molecular complexity index is 6.53. The Morgan fingerprint density at radius 3 is 0.875 bits per heavy atom. The third-order valence-electron chi connectivity index (χ3n) is 0.500.